The van der Waals surface area contributed by atoms with E-state index in [2.05, 4.69) is 85.2 Å². The van der Waals surface area contributed by atoms with Crippen LogP contribution >= 0.6 is 11.3 Å². The summed E-state index contributed by atoms with van der Waals surface area (Å²) in [6, 6.07) is 19.4. The number of fused-ring (bicyclic) bond motifs is 1. The molecule has 5 heteroatoms. The third-order valence-electron chi connectivity index (χ3n) is 6.24. The first-order chi connectivity index (χ1) is 15.1. The summed E-state index contributed by atoms with van der Waals surface area (Å²) in [5.74, 6) is 2.03. The molecule has 4 aromatic rings. The molecule has 0 unspecified atom stereocenters. The molecule has 1 aliphatic rings. The molecule has 0 atom stereocenters. The van der Waals surface area contributed by atoms with Gasteiger partial charge in [-0.3, -0.25) is 0 Å². The minimum Gasteiger partial charge on any atom is -0.368 e. The van der Waals surface area contributed by atoms with Crippen LogP contribution in [0.25, 0.3) is 10.2 Å². The summed E-state index contributed by atoms with van der Waals surface area (Å²) >= 11 is 1.79. The SMILES string of the molecule is Cc1ccc(N2CCN(c3nc(Cc4ccccc4)nc4sc(C)c(C)c34)CC2)cc1. The fourth-order valence-electron chi connectivity index (χ4n) is 4.29. The Morgan fingerprint density at radius 3 is 2.19 bits per heavy atom. The highest BCUT2D eigenvalue weighted by Gasteiger charge is 2.23. The van der Waals surface area contributed by atoms with Gasteiger partial charge in [-0.1, -0.05) is 48.0 Å². The molecule has 2 aromatic carbocycles. The van der Waals surface area contributed by atoms with Crippen LogP contribution in [0.4, 0.5) is 11.5 Å². The normalized spacial score (nSPS) is 14.4. The summed E-state index contributed by atoms with van der Waals surface area (Å²) in [4.78, 5) is 17.4. The number of hydrogen-bond donors (Lipinski definition) is 0. The van der Waals surface area contributed by atoms with Crippen molar-refractivity contribution in [2.45, 2.75) is 27.2 Å². The van der Waals surface area contributed by atoms with Crippen molar-refractivity contribution in [1.29, 1.82) is 0 Å². The van der Waals surface area contributed by atoms with E-state index in [1.807, 2.05) is 0 Å². The van der Waals surface area contributed by atoms with Crippen molar-refractivity contribution in [3.63, 3.8) is 0 Å². The number of aryl methyl sites for hydroxylation is 3. The first-order valence-corrected chi connectivity index (χ1v) is 11.8. The first kappa shape index (κ1) is 20.0. The number of hydrogen-bond acceptors (Lipinski definition) is 5. The van der Waals surface area contributed by atoms with Gasteiger partial charge in [0.2, 0.25) is 0 Å². The Bertz CT molecular complexity index is 1190. The molecule has 0 amide bonds. The van der Waals surface area contributed by atoms with Crippen LogP contribution in [0.5, 0.6) is 0 Å². The molecule has 1 fully saturated rings. The fourth-order valence-corrected chi connectivity index (χ4v) is 5.33. The maximum atomic E-state index is 5.11. The molecule has 0 bridgehead atoms. The number of thiophene rings is 1. The molecule has 5 rings (SSSR count). The molecule has 2 aromatic heterocycles. The lowest BCUT2D eigenvalue weighted by Gasteiger charge is -2.37. The van der Waals surface area contributed by atoms with Gasteiger partial charge in [0, 0.05) is 43.2 Å². The number of aromatic nitrogens is 2. The molecule has 0 saturated carbocycles. The highest BCUT2D eigenvalue weighted by atomic mass is 32.1. The molecule has 3 heterocycles. The number of nitrogens with zero attached hydrogens (tertiary/aromatic N) is 4. The number of piperazine rings is 1. The quantitative estimate of drug-likeness (QED) is 0.428. The molecule has 4 nitrogen and oxygen atoms in total. The minimum absolute atomic E-state index is 0.767. The van der Waals surface area contributed by atoms with E-state index in [0.29, 0.717) is 0 Å². The van der Waals surface area contributed by atoms with Crippen LogP contribution in [-0.4, -0.2) is 36.1 Å². The van der Waals surface area contributed by atoms with Gasteiger partial charge in [-0.15, -0.1) is 11.3 Å². The maximum Gasteiger partial charge on any atom is 0.141 e. The Morgan fingerprint density at radius 2 is 1.48 bits per heavy atom. The Morgan fingerprint density at radius 1 is 0.806 bits per heavy atom. The van der Waals surface area contributed by atoms with Crippen molar-refractivity contribution in [3.8, 4) is 0 Å². The number of anilines is 2. The van der Waals surface area contributed by atoms with Crippen LogP contribution < -0.4 is 9.80 Å². The van der Waals surface area contributed by atoms with Crippen molar-refractivity contribution in [3.05, 3.63) is 82.0 Å². The van der Waals surface area contributed by atoms with E-state index in [1.54, 1.807) is 11.3 Å². The number of benzene rings is 2. The fraction of sp³-hybridized carbons (Fsp3) is 0.308. The Balaban J connectivity index is 1.45. The molecule has 0 spiro atoms. The molecule has 158 valence electrons. The lowest BCUT2D eigenvalue weighted by molar-refractivity contribution is 0.647. The van der Waals surface area contributed by atoms with Crippen LogP contribution in [-0.2, 0) is 6.42 Å². The van der Waals surface area contributed by atoms with Crippen LogP contribution in [0.1, 0.15) is 27.4 Å². The van der Waals surface area contributed by atoms with Crippen molar-refractivity contribution in [1.82, 2.24) is 9.97 Å². The summed E-state index contributed by atoms with van der Waals surface area (Å²) in [7, 11) is 0. The van der Waals surface area contributed by atoms with Crippen molar-refractivity contribution < 1.29 is 0 Å². The monoisotopic (exact) mass is 428 g/mol. The van der Waals surface area contributed by atoms with Crippen molar-refractivity contribution >= 4 is 33.1 Å². The van der Waals surface area contributed by atoms with E-state index in [-0.39, 0.29) is 0 Å². The van der Waals surface area contributed by atoms with E-state index in [9.17, 15) is 0 Å². The molecule has 0 N–H and O–H groups in total. The smallest absolute Gasteiger partial charge is 0.141 e. The second-order valence-electron chi connectivity index (χ2n) is 8.40. The number of rotatable bonds is 4. The van der Waals surface area contributed by atoms with E-state index in [0.717, 1.165) is 49.1 Å². The zero-order chi connectivity index (χ0) is 21.4. The summed E-state index contributed by atoms with van der Waals surface area (Å²) in [5.41, 5.74) is 5.19. The van der Waals surface area contributed by atoms with Gasteiger partial charge in [-0.05, 0) is 44.0 Å². The summed E-state index contributed by atoms with van der Waals surface area (Å²) in [6.45, 7) is 10.5. The Labute approximate surface area is 188 Å². The summed E-state index contributed by atoms with van der Waals surface area (Å²) in [5, 5.41) is 1.24. The van der Waals surface area contributed by atoms with E-state index in [4.69, 9.17) is 9.97 Å². The van der Waals surface area contributed by atoms with Gasteiger partial charge in [0.15, 0.2) is 0 Å². The average Bonchev–Trinajstić information content (AvgIpc) is 3.08. The second kappa shape index (κ2) is 8.31. The largest absolute Gasteiger partial charge is 0.368 e. The molecular formula is C26H28N4S. The molecule has 1 aliphatic heterocycles. The minimum atomic E-state index is 0.767. The van der Waals surface area contributed by atoms with Gasteiger partial charge in [-0.25, -0.2) is 9.97 Å². The Hall–Kier alpha value is -2.92. The standard InChI is InChI=1S/C26H28N4S/c1-18-9-11-22(12-10-18)29-13-15-30(16-14-29)25-24-19(2)20(3)31-26(24)28-23(27-25)17-21-7-5-4-6-8-21/h4-12H,13-17H2,1-3H3. The van der Waals surface area contributed by atoms with Crippen molar-refractivity contribution in [2.24, 2.45) is 0 Å². The highest BCUT2D eigenvalue weighted by molar-refractivity contribution is 7.18. The third-order valence-corrected chi connectivity index (χ3v) is 7.34. The van der Waals surface area contributed by atoms with Crippen LogP contribution in [0, 0.1) is 20.8 Å². The van der Waals surface area contributed by atoms with Gasteiger partial charge in [0.05, 0.1) is 5.39 Å². The van der Waals surface area contributed by atoms with E-state index < -0.39 is 0 Å². The van der Waals surface area contributed by atoms with Gasteiger partial charge in [0.1, 0.15) is 16.5 Å². The summed E-state index contributed by atoms with van der Waals surface area (Å²) in [6.07, 6.45) is 0.767. The predicted octanol–water partition coefficient (Wildman–Crippen LogP) is 5.53. The van der Waals surface area contributed by atoms with Crippen molar-refractivity contribution in [2.75, 3.05) is 36.0 Å². The Kier molecular flexibility index (Phi) is 5.36. The van der Waals surface area contributed by atoms with E-state index in [1.165, 1.54) is 32.6 Å². The zero-order valence-corrected chi connectivity index (χ0v) is 19.2. The maximum absolute atomic E-state index is 5.11. The molecule has 1 saturated heterocycles. The zero-order valence-electron chi connectivity index (χ0n) is 18.4. The lowest BCUT2D eigenvalue weighted by Crippen LogP contribution is -2.47. The van der Waals surface area contributed by atoms with Crippen LogP contribution in [0.3, 0.4) is 0 Å². The predicted molar refractivity (Wildman–Crippen MR) is 132 cm³/mol. The average molecular weight is 429 g/mol. The van der Waals surface area contributed by atoms with Gasteiger partial charge in [0.25, 0.3) is 0 Å². The van der Waals surface area contributed by atoms with E-state index >= 15 is 0 Å². The first-order valence-electron chi connectivity index (χ1n) is 11.0. The van der Waals surface area contributed by atoms with Gasteiger partial charge < -0.3 is 9.80 Å². The van der Waals surface area contributed by atoms with Gasteiger partial charge in [-0.2, -0.15) is 0 Å². The van der Waals surface area contributed by atoms with Crippen LogP contribution in [0.15, 0.2) is 54.6 Å². The highest BCUT2D eigenvalue weighted by Crippen LogP contribution is 2.36. The van der Waals surface area contributed by atoms with Crippen LogP contribution in [0.2, 0.25) is 0 Å². The molecule has 31 heavy (non-hydrogen) atoms. The lowest BCUT2D eigenvalue weighted by atomic mass is 10.1. The molecular weight excluding hydrogens is 400 g/mol. The second-order valence-corrected chi connectivity index (χ2v) is 9.60. The van der Waals surface area contributed by atoms with Gasteiger partial charge >= 0.3 is 0 Å². The third kappa shape index (κ3) is 4.02. The molecule has 0 aliphatic carbocycles. The topological polar surface area (TPSA) is 32.3 Å². The molecule has 0 radical (unpaired) electrons. The summed E-state index contributed by atoms with van der Waals surface area (Å²) < 4.78 is 0.